The Morgan fingerprint density at radius 2 is 1.18 bits per heavy atom. The van der Waals surface area contributed by atoms with Crippen molar-refractivity contribution in [3.63, 3.8) is 0 Å². The van der Waals surface area contributed by atoms with Gasteiger partial charge in [0, 0.05) is 40.3 Å². The molecule has 0 radical (unpaired) electrons. The summed E-state index contributed by atoms with van der Waals surface area (Å²) in [6.07, 6.45) is -2.28. The normalized spacial score (nSPS) is 22.2. The van der Waals surface area contributed by atoms with Crippen LogP contribution in [0.25, 0.3) is 0 Å². The third-order valence-electron chi connectivity index (χ3n) is 8.30. The van der Waals surface area contributed by atoms with Gasteiger partial charge in [-0.3, -0.25) is 4.67 Å². The van der Waals surface area contributed by atoms with E-state index in [0.717, 1.165) is 13.1 Å². The summed E-state index contributed by atoms with van der Waals surface area (Å²) >= 11 is 13.6. The summed E-state index contributed by atoms with van der Waals surface area (Å²) in [7, 11) is 0. The molecule has 0 fully saturated rings. The zero-order valence-corrected chi connectivity index (χ0v) is 28.1. The molecular weight excluding hydrogens is 538 g/mol. The van der Waals surface area contributed by atoms with Crippen LogP contribution in [0.5, 0.6) is 0 Å². The molecular formula is C32H42N2P2S2. The van der Waals surface area contributed by atoms with Gasteiger partial charge < -0.3 is 4.90 Å². The third kappa shape index (κ3) is 4.05. The molecule has 0 saturated carbocycles. The molecule has 2 aliphatic heterocycles. The molecule has 2 heterocycles. The van der Waals surface area contributed by atoms with Gasteiger partial charge in [-0.2, -0.15) is 0 Å². The predicted octanol–water partition coefficient (Wildman–Crippen LogP) is 7.43. The number of hydrogen-bond acceptors (Lipinski definition) is 3. The van der Waals surface area contributed by atoms with Gasteiger partial charge in [0.05, 0.1) is 23.3 Å². The highest BCUT2D eigenvalue weighted by Crippen LogP contribution is 2.62. The lowest BCUT2D eigenvalue weighted by Gasteiger charge is -2.49. The largest absolute Gasteiger partial charge is 0.308 e. The van der Waals surface area contributed by atoms with E-state index in [0.29, 0.717) is 0 Å². The Kier molecular flexibility index (Phi) is 6.78. The number of hydrogen-bond donors (Lipinski definition) is 0. The van der Waals surface area contributed by atoms with Crippen LogP contribution in [0.3, 0.4) is 0 Å². The first-order chi connectivity index (χ1) is 17.6. The fraction of sp³-hybridized carbons (Fsp3) is 0.438. The molecule has 0 N–H and O–H groups in total. The summed E-state index contributed by atoms with van der Waals surface area (Å²) in [4.78, 5) is 2.52. The number of benzene rings is 3. The lowest BCUT2D eigenvalue weighted by atomic mass is 9.86. The molecule has 2 unspecified atom stereocenters. The Morgan fingerprint density at radius 1 is 0.711 bits per heavy atom. The van der Waals surface area contributed by atoms with Crippen molar-refractivity contribution in [1.29, 1.82) is 0 Å². The zero-order chi connectivity index (χ0) is 28.0. The monoisotopic (exact) mass is 580 g/mol. The van der Waals surface area contributed by atoms with Gasteiger partial charge in [-0.05, 0) is 77.5 Å². The molecule has 2 atom stereocenters. The average Bonchev–Trinajstić information content (AvgIpc) is 2.83. The fourth-order valence-electron chi connectivity index (χ4n) is 6.03. The first-order valence-corrected chi connectivity index (χ1v) is 19.8. The minimum Gasteiger partial charge on any atom is -0.308 e. The van der Waals surface area contributed by atoms with Crippen LogP contribution in [-0.4, -0.2) is 24.4 Å². The van der Waals surface area contributed by atoms with Crippen LogP contribution in [0, 0.1) is 6.92 Å². The van der Waals surface area contributed by atoms with Crippen molar-refractivity contribution >= 4 is 74.1 Å². The third-order valence-corrected chi connectivity index (χ3v) is 17.3. The molecule has 5 rings (SSSR count). The Balaban J connectivity index is 1.96. The maximum atomic E-state index is 6.94. The Bertz CT molecular complexity index is 1550. The number of rotatable bonds is 3. The molecule has 0 saturated heterocycles. The molecule has 0 spiro atoms. The lowest BCUT2D eigenvalue weighted by Crippen LogP contribution is -2.46. The van der Waals surface area contributed by atoms with Crippen LogP contribution in [0.1, 0.15) is 72.1 Å². The van der Waals surface area contributed by atoms with Gasteiger partial charge in [-0.15, -0.1) is 0 Å². The van der Waals surface area contributed by atoms with Gasteiger partial charge >= 0.3 is 0 Å². The van der Waals surface area contributed by atoms with Crippen LogP contribution in [0.4, 0.5) is 17.1 Å². The first kappa shape index (κ1) is 28.3. The summed E-state index contributed by atoms with van der Waals surface area (Å²) in [6, 6.07) is 16.9. The Hall–Kier alpha value is -1.28. The topological polar surface area (TPSA) is 6.48 Å². The van der Waals surface area contributed by atoms with Crippen LogP contribution in [0.2, 0.25) is 0 Å². The van der Waals surface area contributed by atoms with Crippen LogP contribution >= 0.6 is 12.2 Å². The highest BCUT2D eigenvalue weighted by molar-refractivity contribution is 8.22. The van der Waals surface area contributed by atoms with Crippen LogP contribution < -0.4 is 26.1 Å². The summed E-state index contributed by atoms with van der Waals surface area (Å²) < 4.78 is 2.57. The molecule has 0 bridgehead atoms. The van der Waals surface area contributed by atoms with Crippen molar-refractivity contribution in [3.05, 3.63) is 65.2 Å². The van der Waals surface area contributed by atoms with E-state index in [-0.39, 0.29) is 10.8 Å². The second-order valence-electron chi connectivity index (χ2n) is 13.0. The highest BCUT2D eigenvalue weighted by Gasteiger charge is 2.46. The SMILES string of the molecule is CCN(CC)P1(=S)c2cc(C(C)(C)C)ccc2N2c3ccc(C(C)(C)C)cc3P(C)(=S)c3cc(C)cc1c32. The average molecular weight is 581 g/mol. The lowest BCUT2D eigenvalue weighted by molar-refractivity contribution is 0.513. The molecule has 3 aromatic carbocycles. The van der Waals surface area contributed by atoms with E-state index in [1.165, 1.54) is 55.0 Å². The van der Waals surface area contributed by atoms with Crippen LogP contribution in [-0.2, 0) is 34.4 Å². The van der Waals surface area contributed by atoms with E-state index < -0.39 is 12.2 Å². The molecule has 6 heteroatoms. The molecule has 3 aromatic rings. The quantitative estimate of drug-likeness (QED) is 0.297. The second kappa shape index (κ2) is 9.12. The molecule has 38 heavy (non-hydrogen) atoms. The molecule has 0 amide bonds. The Morgan fingerprint density at radius 3 is 1.68 bits per heavy atom. The van der Waals surface area contributed by atoms with Crippen molar-refractivity contribution in [2.45, 2.75) is 73.1 Å². The minimum atomic E-state index is -2.28. The number of anilines is 3. The summed E-state index contributed by atoms with van der Waals surface area (Å²) in [5.41, 5.74) is 7.83. The van der Waals surface area contributed by atoms with Gasteiger partial charge in [0.15, 0.2) is 0 Å². The Labute approximate surface area is 240 Å². The van der Waals surface area contributed by atoms with E-state index in [9.17, 15) is 0 Å². The van der Waals surface area contributed by atoms with Gasteiger partial charge in [0.1, 0.15) is 0 Å². The van der Waals surface area contributed by atoms with E-state index in [4.69, 9.17) is 23.6 Å². The maximum Gasteiger partial charge on any atom is 0.0751 e. The maximum absolute atomic E-state index is 6.94. The highest BCUT2D eigenvalue weighted by atomic mass is 32.4. The minimum absolute atomic E-state index is 0.0443. The van der Waals surface area contributed by atoms with Crippen molar-refractivity contribution in [2.75, 3.05) is 24.7 Å². The van der Waals surface area contributed by atoms with Crippen molar-refractivity contribution in [3.8, 4) is 0 Å². The van der Waals surface area contributed by atoms with Gasteiger partial charge in [0.25, 0.3) is 0 Å². The standard InChI is InChI=1S/C32H42N2P2S2/c1-11-33(12-2)36(38)27-20-23(32(7,8)9)14-16-25(27)34-24-15-13-22(31(4,5)6)19-26(24)35(10,37)28-17-21(3)18-29(36)30(28)34/h13-20H,11-12H2,1-10H3. The van der Waals surface area contributed by atoms with Crippen molar-refractivity contribution < 1.29 is 0 Å². The van der Waals surface area contributed by atoms with Gasteiger partial charge in [-0.25, -0.2) is 0 Å². The summed E-state index contributed by atoms with van der Waals surface area (Å²) in [6.45, 7) is 24.7. The summed E-state index contributed by atoms with van der Waals surface area (Å²) in [5.74, 6) is 0. The van der Waals surface area contributed by atoms with Crippen molar-refractivity contribution in [2.24, 2.45) is 0 Å². The van der Waals surface area contributed by atoms with Crippen molar-refractivity contribution in [1.82, 2.24) is 4.67 Å². The summed E-state index contributed by atoms with van der Waals surface area (Å²) in [5, 5.41) is 5.30. The van der Waals surface area contributed by atoms with E-state index in [1.54, 1.807) is 0 Å². The van der Waals surface area contributed by atoms with Gasteiger partial charge in [0.2, 0.25) is 0 Å². The van der Waals surface area contributed by atoms with Gasteiger partial charge in [-0.1, -0.05) is 91.1 Å². The molecule has 2 nitrogen and oxygen atoms in total. The predicted molar refractivity (Wildman–Crippen MR) is 179 cm³/mol. The number of fused-ring (bicyclic) bond motifs is 4. The molecule has 0 aliphatic carbocycles. The molecule has 0 aromatic heterocycles. The molecule has 202 valence electrons. The fourth-order valence-corrected chi connectivity index (χ4v) is 14.2. The zero-order valence-electron chi connectivity index (χ0n) is 24.6. The molecule has 2 aliphatic rings. The van der Waals surface area contributed by atoms with E-state index in [2.05, 4.69) is 127 Å². The second-order valence-corrected chi connectivity index (χ2v) is 22.3. The smallest absolute Gasteiger partial charge is 0.0751 e. The first-order valence-electron chi connectivity index (χ1n) is 13.8. The van der Waals surface area contributed by atoms with E-state index >= 15 is 0 Å². The number of nitrogens with zero attached hydrogens (tertiary/aromatic N) is 2. The number of aryl methyl sites for hydroxylation is 1. The van der Waals surface area contributed by atoms with E-state index in [1.807, 2.05) is 0 Å². The van der Waals surface area contributed by atoms with Crippen LogP contribution in [0.15, 0.2) is 48.5 Å².